The van der Waals surface area contributed by atoms with Crippen LogP contribution in [0.25, 0.3) is 0 Å². The summed E-state index contributed by atoms with van der Waals surface area (Å²) in [5, 5.41) is 0. The molecule has 0 aliphatic heterocycles. The topological polar surface area (TPSA) is 6.48 Å². The van der Waals surface area contributed by atoms with E-state index in [0.717, 1.165) is 88.9 Å². The molecule has 0 aliphatic carbocycles. The Morgan fingerprint density at radius 3 is 0.818 bits per heavy atom. The summed E-state index contributed by atoms with van der Waals surface area (Å²) in [7, 11) is 0. The summed E-state index contributed by atoms with van der Waals surface area (Å²) in [5.41, 5.74) is -0.332. The molecule has 5 rings (SSSR count). The first-order valence-corrected chi connectivity index (χ1v) is 21.7. The maximum Gasteiger partial charge on any atom is 0.200 e. The van der Waals surface area contributed by atoms with Gasteiger partial charge in [0, 0.05) is 70.9 Å². The number of hydrogen-bond donors (Lipinski definition) is 0. The molecule has 0 radical (unpaired) electrons. The summed E-state index contributed by atoms with van der Waals surface area (Å²) in [6.07, 6.45) is 7.96. The van der Waals surface area contributed by atoms with Crippen LogP contribution in [0, 0.1) is 106 Å². The van der Waals surface area contributed by atoms with Crippen LogP contribution in [0.5, 0.6) is 0 Å². The van der Waals surface area contributed by atoms with E-state index in [-0.39, 0.29) is 22.3 Å². The highest BCUT2D eigenvalue weighted by atomic mass is 19.2. The molecular formula is C54H46F10N2. The second-order valence-corrected chi connectivity index (χ2v) is 15.3. The maximum absolute atomic E-state index is 14.8. The van der Waals surface area contributed by atoms with Gasteiger partial charge in [0.25, 0.3) is 0 Å². The highest BCUT2D eigenvalue weighted by molar-refractivity contribution is 5.65. The minimum atomic E-state index is -2.37. The van der Waals surface area contributed by atoms with Gasteiger partial charge < -0.3 is 9.80 Å². The van der Waals surface area contributed by atoms with Crippen LogP contribution in [0.4, 0.5) is 55.3 Å². The average Bonchev–Trinajstić information content (AvgIpc) is 3.33. The molecule has 5 aromatic carbocycles. The van der Waals surface area contributed by atoms with Gasteiger partial charge in [-0.05, 0) is 86.3 Å². The van der Waals surface area contributed by atoms with Crippen LogP contribution in [0.15, 0.2) is 60.7 Å². The summed E-state index contributed by atoms with van der Waals surface area (Å²) < 4.78 is 144. The van der Waals surface area contributed by atoms with Gasteiger partial charge in [0.1, 0.15) is 11.1 Å². The van der Waals surface area contributed by atoms with Crippen molar-refractivity contribution in [1.82, 2.24) is 0 Å². The Kier molecular flexibility index (Phi) is 18.2. The highest BCUT2D eigenvalue weighted by Crippen LogP contribution is 2.26. The van der Waals surface area contributed by atoms with E-state index in [9.17, 15) is 43.9 Å². The molecule has 66 heavy (non-hydrogen) atoms. The zero-order chi connectivity index (χ0) is 47.9. The fourth-order valence-corrected chi connectivity index (χ4v) is 6.63. The molecule has 2 nitrogen and oxygen atoms in total. The second kappa shape index (κ2) is 24.0. The standard InChI is InChI=1S/C54H46F10N2/c1-5-9-29-65(30-10-6-2)41-23-15-35(16-24-41)13-19-37-33-40(22-28-44-47(57)51(61)54(64)52(62)48(44)58)38(34-39(37)21-27-43-45(55)49(59)53(63)50(60)46(43)56)20-14-36-17-25-42(26-18-36)66(31-11-7-3)32-12-8-4/h15-18,23-26,33-34H,5-12,29-32H2,1-4H3. The molecule has 0 N–H and O–H groups in total. The summed E-state index contributed by atoms with van der Waals surface area (Å²) in [5.74, 6) is -1.66. The third-order valence-corrected chi connectivity index (χ3v) is 10.5. The van der Waals surface area contributed by atoms with Gasteiger partial charge in [-0.3, -0.25) is 0 Å². The molecule has 0 unspecified atom stereocenters. The Morgan fingerprint density at radius 1 is 0.318 bits per heavy atom. The zero-order valence-corrected chi connectivity index (χ0v) is 36.9. The quantitative estimate of drug-likeness (QED) is 0.0474. The SMILES string of the molecule is CCCCN(CCCC)c1ccc(C#Cc2cc(C#Cc3c(F)c(F)c(F)c(F)c3F)c(C#Cc3ccc(N(CCCC)CCCC)cc3)cc2C#Cc2c(F)c(F)c(F)c(F)c2F)cc1. The van der Waals surface area contributed by atoms with Crippen molar-refractivity contribution in [2.75, 3.05) is 36.0 Å². The highest BCUT2D eigenvalue weighted by Gasteiger charge is 2.26. The van der Waals surface area contributed by atoms with Crippen LogP contribution in [-0.2, 0) is 0 Å². The fourth-order valence-electron chi connectivity index (χ4n) is 6.63. The van der Waals surface area contributed by atoms with Crippen molar-refractivity contribution in [1.29, 1.82) is 0 Å². The first kappa shape index (κ1) is 50.2. The molecule has 0 saturated carbocycles. The molecule has 0 bridgehead atoms. The van der Waals surface area contributed by atoms with Crippen molar-refractivity contribution in [2.24, 2.45) is 0 Å². The number of benzene rings is 5. The van der Waals surface area contributed by atoms with Gasteiger partial charge >= 0.3 is 0 Å². The molecule has 342 valence electrons. The van der Waals surface area contributed by atoms with Crippen LogP contribution in [0.3, 0.4) is 0 Å². The van der Waals surface area contributed by atoms with Crippen molar-refractivity contribution < 1.29 is 43.9 Å². The summed E-state index contributed by atoms with van der Waals surface area (Å²) in [6.45, 7) is 11.8. The molecule has 0 fully saturated rings. The van der Waals surface area contributed by atoms with Gasteiger partial charge in [-0.1, -0.05) is 101 Å². The molecule has 0 atom stereocenters. The maximum atomic E-state index is 14.8. The Morgan fingerprint density at radius 2 is 0.561 bits per heavy atom. The lowest BCUT2D eigenvalue weighted by molar-refractivity contribution is 0.376. The lowest BCUT2D eigenvalue weighted by Gasteiger charge is -2.24. The van der Waals surface area contributed by atoms with Crippen molar-refractivity contribution in [3.05, 3.63) is 163 Å². The van der Waals surface area contributed by atoms with Gasteiger partial charge in [-0.15, -0.1) is 0 Å². The number of halogens is 10. The summed E-state index contributed by atoms with van der Waals surface area (Å²) in [4.78, 5) is 4.52. The van der Waals surface area contributed by atoms with Crippen LogP contribution in [-0.4, -0.2) is 26.2 Å². The van der Waals surface area contributed by atoms with Crippen LogP contribution < -0.4 is 9.80 Å². The van der Waals surface area contributed by atoms with E-state index in [2.05, 4.69) is 73.0 Å². The number of unbranched alkanes of at least 4 members (excludes halogenated alkanes) is 4. The molecular weight excluding hydrogens is 867 g/mol. The van der Waals surface area contributed by atoms with Crippen molar-refractivity contribution in [2.45, 2.75) is 79.1 Å². The molecule has 0 aromatic heterocycles. The molecule has 0 saturated heterocycles. The third kappa shape index (κ3) is 12.3. The third-order valence-electron chi connectivity index (χ3n) is 10.5. The van der Waals surface area contributed by atoms with Gasteiger partial charge in [0.2, 0.25) is 11.6 Å². The Bertz CT molecular complexity index is 2520. The molecule has 0 heterocycles. The predicted octanol–water partition coefficient (Wildman–Crippen LogP) is 13.5. The number of hydrogen-bond acceptors (Lipinski definition) is 2. The number of anilines is 2. The van der Waals surface area contributed by atoms with E-state index < -0.39 is 69.3 Å². The monoisotopic (exact) mass is 912 g/mol. The largest absolute Gasteiger partial charge is 0.372 e. The van der Waals surface area contributed by atoms with E-state index >= 15 is 0 Å². The molecule has 0 spiro atoms. The average molecular weight is 913 g/mol. The predicted molar refractivity (Wildman–Crippen MR) is 240 cm³/mol. The van der Waals surface area contributed by atoms with Gasteiger partial charge in [-0.25, -0.2) is 43.9 Å². The first-order valence-electron chi connectivity index (χ1n) is 21.7. The summed E-state index contributed by atoms with van der Waals surface area (Å²) >= 11 is 0. The lowest BCUT2D eigenvalue weighted by Crippen LogP contribution is -2.25. The van der Waals surface area contributed by atoms with Crippen molar-refractivity contribution in [3.63, 3.8) is 0 Å². The molecule has 0 amide bonds. The van der Waals surface area contributed by atoms with Crippen LogP contribution >= 0.6 is 0 Å². The van der Waals surface area contributed by atoms with Gasteiger partial charge in [0.05, 0.1) is 0 Å². The first-order chi connectivity index (χ1) is 31.7. The second-order valence-electron chi connectivity index (χ2n) is 15.3. The minimum Gasteiger partial charge on any atom is -0.372 e. The van der Waals surface area contributed by atoms with Crippen LogP contribution in [0.2, 0.25) is 0 Å². The Hall–Kier alpha value is -6.76. The Balaban J connectivity index is 1.72. The van der Waals surface area contributed by atoms with Gasteiger partial charge in [-0.2, -0.15) is 0 Å². The lowest BCUT2D eigenvalue weighted by atomic mass is 9.97. The molecule has 5 aromatic rings. The number of rotatable bonds is 14. The van der Waals surface area contributed by atoms with E-state index in [1.807, 2.05) is 36.1 Å². The van der Waals surface area contributed by atoms with E-state index in [1.165, 1.54) is 12.1 Å². The normalized spacial score (nSPS) is 10.5. The molecule has 12 heteroatoms. The van der Waals surface area contributed by atoms with E-state index in [0.29, 0.717) is 11.1 Å². The zero-order valence-electron chi connectivity index (χ0n) is 36.9. The van der Waals surface area contributed by atoms with E-state index in [4.69, 9.17) is 0 Å². The van der Waals surface area contributed by atoms with Crippen LogP contribution in [0.1, 0.15) is 124 Å². The van der Waals surface area contributed by atoms with E-state index in [1.54, 1.807) is 24.3 Å². The molecule has 0 aliphatic rings. The van der Waals surface area contributed by atoms with Crippen molar-refractivity contribution >= 4 is 11.4 Å². The Labute approximate surface area is 380 Å². The van der Waals surface area contributed by atoms with Gasteiger partial charge in [0.15, 0.2) is 46.5 Å². The minimum absolute atomic E-state index is 0.0566. The fraction of sp³-hybridized carbons (Fsp3) is 0.296. The summed E-state index contributed by atoms with van der Waals surface area (Å²) in [6, 6.07) is 17.0. The number of nitrogens with zero attached hydrogens (tertiary/aromatic N) is 2. The van der Waals surface area contributed by atoms with Crippen molar-refractivity contribution in [3.8, 4) is 47.4 Å². The smallest absolute Gasteiger partial charge is 0.200 e.